The van der Waals surface area contributed by atoms with Gasteiger partial charge >= 0.3 is 0 Å². The second kappa shape index (κ2) is 4.27. The molecule has 1 rings (SSSR count). The first kappa shape index (κ1) is 10.0. The standard InChI is InChI=1S/C10H16N2O/c1-8(7-11)12(2)10(13)6-9-4-3-5-9/h8-9H,3-6H2,1-2H3. The van der Waals surface area contributed by atoms with Gasteiger partial charge in [-0.1, -0.05) is 6.42 Å². The Kier molecular flexibility index (Phi) is 3.30. The molecule has 0 spiro atoms. The average Bonchev–Trinajstić information content (AvgIpc) is 2.08. The average molecular weight is 180 g/mol. The van der Waals surface area contributed by atoms with Crippen LogP contribution in [-0.4, -0.2) is 23.9 Å². The van der Waals surface area contributed by atoms with Gasteiger partial charge in [0.2, 0.25) is 5.91 Å². The lowest BCUT2D eigenvalue weighted by Crippen LogP contribution is -2.35. The quantitative estimate of drug-likeness (QED) is 0.661. The molecule has 0 heterocycles. The predicted octanol–water partition coefficient (Wildman–Crippen LogP) is 1.55. The smallest absolute Gasteiger partial charge is 0.223 e. The molecule has 1 aliphatic carbocycles. The second-order valence-electron chi connectivity index (χ2n) is 3.81. The van der Waals surface area contributed by atoms with Crippen LogP contribution in [0.4, 0.5) is 0 Å². The van der Waals surface area contributed by atoms with Crippen molar-refractivity contribution < 1.29 is 4.79 Å². The Morgan fingerprint density at radius 3 is 2.69 bits per heavy atom. The van der Waals surface area contributed by atoms with Crippen molar-refractivity contribution in [3.8, 4) is 6.07 Å². The van der Waals surface area contributed by atoms with Crippen molar-refractivity contribution in [3.05, 3.63) is 0 Å². The van der Waals surface area contributed by atoms with Crippen molar-refractivity contribution in [3.63, 3.8) is 0 Å². The molecule has 1 atom stereocenters. The third-order valence-electron chi connectivity index (χ3n) is 2.85. The van der Waals surface area contributed by atoms with E-state index in [0.29, 0.717) is 12.3 Å². The number of carbonyl (C=O) groups excluding carboxylic acids is 1. The van der Waals surface area contributed by atoms with Crippen LogP contribution in [0, 0.1) is 17.2 Å². The minimum Gasteiger partial charge on any atom is -0.330 e. The van der Waals surface area contributed by atoms with Gasteiger partial charge in [-0.3, -0.25) is 4.79 Å². The zero-order valence-corrected chi connectivity index (χ0v) is 8.29. The number of carbonyl (C=O) groups is 1. The van der Waals surface area contributed by atoms with Crippen molar-refractivity contribution in [2.75, 3.05) is 7.05 Å². The molecule has 0 aromatic carbocycles. The topological polar surface area (TPSA) is 44.1 Å². The summed E-state index contributed by atoms with van der Waals surface area (Å²) < 4.78 is 0. The highest BCUT2D eigenvalue weighted by molar-refractivity contribution is 5.76. The maximum absolute atomic E-state index is 11.5. The Morgan fingerprint density at radius 2 is 2.31 bits per heavy atom. The lowest BCUT2D eigenvalue weighted by Gasteiger charge is -2.27. The first-order valence-corrected chi connectivity index (χ1v) is 4.80. The molecule has 3 heteroatoms. The van der Waals surface area contributed by atoms with Gasteiger partial charge in [0.05, 0.1) is 6.07 Å². The summed E-state index contributed by atoms with van der Waals surface area (Å²) in [5.74, 6) is 0.694. The first-order chi connectivity index (χ1) is 6.15. The molecule has 1 amide bonds. The molecule has 1 fully saturated rings. The summed E-state index contributed by atoms with van der Waals surface area (Å²) >= 11 is 0. The van der Waals surface area contributed by atoms with E-state index in [1.54, 1.807) is 18.9 Å². The minimum atomic E-state index is -0.299. The second-order valence-corrected chi connectivity index (χ2v) is 3.81. The van der Waals surface area contributed by atoms with E-state index in [-0.39, 0.29) is 11.9 Å². The van der Waals surface area contributed by atoms with Gasteiger partial charge in [0.15, 0.2) is 0 Å². The van der Waals surface area contributed by atoms with E-state index in [0.717, 1.165) is 0 Å². The lowest BCUT2D eigenvalue weighted by atomic mass is 9.82. The number of nitriles is 1. The van der Waals surface area contributed by atoms with Crippen LogP contribution in [0.15, 0.2) is 0 Å². The summed E-state index contributed by atoms with van der Waals surface area (Å²) in [6, 6.07) is 1.76. The summed E-state index contributed by atoms with van der Waals surface area (Å²) in [4.78, 5) is 13.1. The first-order valence-electron chi connectivity index (χ1n) is 4.80. The molecular formula is C10H16N2O. The minimum absolute atomic E-state index is 0.110. The molecule has 1 unspecified atom stereocenters. The van der Waals surface area contributed by atoms with Crippen molar-refractivity contribution in [1.82, 2.24) is 4.90 Å². The third kappa shape index (κ3) is 2.45. The highest BCUT2D eigenvalue weighted by Gasteiger charge is 2.23. The summed E-state index contributed by atoms with van der Waals surface area (Å²) in [6.45, 7) is 1.75. The predicted molar refractivity (Wildman–Crippen MR) is 49.8 cm³/mol. The molecule has 1 aliphatic rings. The summed E-state index contributed by atoms with van der Waals surface area (Å²) in [5, 5.41) is 8.62. The Balaban J connectivity index is 2.33. The van der Waals surface area contributed by atoms with Crippen LogP contribution in [0.25, 0.3) is 0 Å². The number of hydrogen-bond donors (Lipinski definition) is 0. The Bertz CT molecular complexity index is 228. The zero-order chi connectivity index (χ0) is 9.84. The molecule has 0 bridgehead atoms. The monoisotopic (exact) mass is 180 g/mol. The Labute approximate surface area is 79.3 Å². The van der Waals surface area contributed by atoms with Gasteiger partial charge in [0.1, 0.15) is 6.04 Å². The fourth-order valence-corrected chi connectivity index (χ4v) is 1.39. The summed E-state index contributed by atoms with van der Waals surface area (Å²) in [7, 11) is 1.70. The summed E-state index contributed by atoms with van der Waals surface area (Å²) in [6.07, 6.45) is 4.25. The van der Waals surface area contributed by atoms with Gasteiger partial charge in [-0.2, -0.15) is 5.26 Å². The normalized spacial score (nSPS) is 18.5. The van der Waals surface area contributed by atoms with Gasteiger partial charge < -0.3 is 4.90 Å². The van der Waals surface area contributed by atoms with Gasteiger partial charge in [-0.25, -0.2) is 0 Å². The van der Waals surface area contributed by atoms with Crippen LogP contribution in [0.1, 0.15) is 32.6 Å². The number of rotatable bonds is 3. The maximum atomic E-state index is 11.5. The molecule has 0 aliphatic heterocycles. The van der Waals surface area contributed by atoms with E-state index >= 15 is 0 Å². The molecule has 3 nitrogen and oxygen atoms in total. The number of hydrogen-bond acceptors (Lipinski definition) is 2. The summed E-state index contributed by atoms with van der Waals surface area (Å²) in [5.41, 5.74) is 0. The van der Waals surface area contributed by atoms with E-state index < -0.39 is 0 Å². The molecule has 0 saturated heterocycles. The highest BCUT2D eigenvalue weighted by Crippen LogP contribution is 2.29. The van der Waals surface area contributed by atoms with Crippen LogP contribution >= 0.6 is 0 Å². The van der Waals surface area contributed by atoms with Gasteiger partial charge in [-0.05, 0) is 25.7 Å². The molecular weight excluding hydrogens is 164 g/mol. The Morgan fingerprint density at radius 1 is 1.69 bits per heavy atom. The molecule has 1 saturated carbocycles. The van der Waals surface area contributed by atoms with Crippen molar-refractivity contribution in [2.45, 2.75) is 38.6 Å². The van der Waals surface area contributed by atoms with Gasteiger partial charge in [0.25, 0.3) is 0 Å². The van der Waals surface area contributed by atoms with Crippen LogP contribution in [-0.2, 0) is 4.79 Å². The van der Waals surface area contributed by atoms with Gasteiger partial charge in [0, 0.05) is 13.5 Å². The SMILES string of the molecule is CC(C#N)N(C)C(=O)CC1CCC1. The van der Waals surface area contributed by atoms with Crippen molar-refractivity contribution in [2.24, 2.45) is 5.92 Å². The fraction of sp³-hybridized carbons (Fsp3) is 0.800. The van der Waals surface area contributed by atoms with E-state index in [4.69, 9.17) is 5.26 Å². The van der Waals surface area contributed by atoms with E-state index in [2.05, 4.69) is 6.07 Å². The van der Waals surface area contributed by atoms with Crippen molar-refractivity contribution >= 4 is 5.91 Å². The van der Waals surface area contributed by atoms with Crippen molar-refractivity contribution in [1.29, 1.82) is 5.26 Å². The number of amides is 1. The Hall–Kier alpha value is -1.04. The molecule has 0 aromatic rings. The molecule has 0 radical (unpaired) electrons. The largest absolute Gasteiger partial charge is 0.330 e. The van der Waals surface area contributed by atoms with Gasteiger partial charge in [-0.15, -0.1) is 0 Å². The number of nitrogens with zero attached hydrogens (tertiary/aromatic N) is 2. The van der Waals surface area contributed by atoms with E-state index in [1.807, 2.05) is 0 Å². The zero-order valence-electron chi connectivity index (χ0n) is 8.29. The molecule has 72 valence electrons. The lowest BCUT2D eigenvalue weighted by molar-refractivity contribution is -0.132. The molecule has 13 heavy (non-hydrogen) atoms. The molecule has 0 N–H and O–H groups in total. The van der Waals surface area contributed by atoms with Crippen LogP contribution in [0.5, 0.6) is 0 Å². The highest BCUT2D eigenvalue weighted by atomic mass is 16.2. The molecule has 0 aromatic heterocycles. The van der Waals surface area contributed by atoms with E-state index in [1.165, 1.54) is 19.3 Å². The van der Waals surface area contributed by atoms with Crippen LogP contribution in [0.2, 0.25) is 0 Å². The van der Waals surface area contributed by atoms with E-state index in [9.17, 15) is 4.79 Å². The maximum Gasteiger partial charge on any atom is 0.223 e. The fourth-order valence-electron chi connectivity index (χ4n) is 1.39. The third-order valence-corrected chi connectivity index (χ3v) is 2.85. The van der Waals surface area contributed by atoms with Crippen LogP contribution in [0.3, 0.4) is 0 Å². The van der Waals surface area contributed by atoms with Crippen LogP contribution < -0.4 is 0 Å².